The van der Waals surface area contributed by atoms with Gasteiger partial charge < -0.3 is 10.1 Å². The van der Waals surface area contributed by atoms with E-state index in [0.717, 1.165) is 6.42 Å². The molecule has 1 aliphatic heterocycles. The van der Waals surface area contributed by atoms with E-state index in [0.29, 0.717) is 19.3 Å². The fourth-order valence-electron chi connectivity index (χ4n) is 2.13. The minimum atomic E-state index is -0.494. The summed E-state index contributed by atoms with van der Waals surface area (Å²) in [5.74, 6) is -0.488. The molecule has 18 heavy (non-hydrogen) atoms. The molecule has 0 aromatic carbocycles. The number of esters is 1. The topological polar surface area (TPSA) is 55.4 Å². The highest BCUT2D eigenvalue weighted by Gasteiger charge is 2.34. The SMILES string of the molecule is C=CCC1NC(=O)CCCC1C(=O)OC(C)(C)C. The molecule has 0 bridgehead atoms. The van der Waals surface area contributed by atoms with Crippen molar-refractivity contribution < 1.29 is 14.3 Å². The number of carbonyl (C=O) groups is 2. The van der Waals surface area contributed by atoms with Crippen molar-refractivity contribution in [3.63, 3.8) is 0 Å². The zero-order valence-electron chi connectivity index (χ0n) is 11.5. The number of hydrogen-bond donors (Lipinski definition) is 1. The first-order valence-corrected chi connectivity index (χ1v) is 6.46. The highest BCUT2D eigenvalue weighted by atomic mass is 16.6. The summed E-state index contributed by atoms with van der Waals surface area (Å²) < 4.78 is 5.42. The summed E-state index contributed by atoms with van der Waals surface area (Å²) >= 11 is 0. The van der Waals surface area contributed by atoms with Crippen molar-refractivity contribution in [3.8, 4) is 0 Å². The van der Waals surface area contributed by atoms with Crippen molar-refractivity contribution in [1.82, 2.24) is 5.32 Å². The lowest BCUT2D eigenvalue weighted by Gasteiger charge is -2.27. The Kier molecular flexibility index (Phi) is 4.93. The van der Waals surface area contributed by atoms with Crippen LogP contribution in [0.1, 0.15) is 46.5 Å². The monoisotopic (exact) mass is 253 g/mol. The van der Waals surface area contributed by atoms with Crippen molar-refractivity contribution in [3.05, 3.63) is 12.7 Å². The summed E-state index contributed by atoms with van der Waals surface area (Å²) in [7, 11) is 0. The van der Waals surface area contributed by atoms with Crippen LogP contribution in [-0.4, -0.2) is 23.5 Å². The van der Waals surface area contributed by atoms with Gasteiger partial charge in [-0.1, -0.05) is 6.08 Å². The van der Waals surface area contributed by atoms with Crippen molar-refractivity contribution in [1.29, 1.82) is 0 Å². The third-order valence-electron chi connectivity index (χ3n) is 2.88. The fourth-order valence-corrected chi connectivity index (χ4v) is 2.13. The Balaban J connectivity index is 2.77. The zero-order chi connectivity index (χ0) is 13.8. The van der Waals surface area contributed by atoms with Gasteiger partial charge in [-0.05, 0) is 40.0 Å². The van der Waals surface area contributed by atoms with Gasteiger partial charge in [-0.3, -0.25) is 9.59 Å². The summed E-state index contributed by atoms with van der Waals surface area (Å²) in [6.07, 6.45) is 4.21. The Morgan fingerprint density at radius 3 is 2.78 bits per heavy atom. The van der Waals surface area contributed by atoms with E-state index in [1.807, 2.05) is 20.8 Å². The maximum atomic E-state index is 12.2. The maximum absolute atomic E-state index is 12.2. The van der Waals surface area contributed by atoms with Crippen LogP contribution in [0.5, 0.6) is 0 Å². The molecule has 0 spiro atoms. The molecule has 1 amide bonds. The summed E-state index contributed by atoms with van der Waals surface area (Å²) in [5, 5.41) is 2.89. The molecule has 1 rings (SSSR count). The normalized spacial score (nSPS) is 24.9. The van der Waals surface area contributed by atoms with Gasteiger partial charge in [0, 0.05) is 12.5 Å². The molecule has 0 aliphatic carbocycles. The van der Waals surface area contributed by atoms with E-state index in [4.69, 9.17) is 4.74 Å². The van der Waals surface area contributed by atoms with Gasteiger partial charge in [-0.15, -0.1) is 6.58 Å². The quantitative estimate of drug-likeness (QED) is 0.619. The van der Waals surface area contributed by atoms with Crippen molar-refractivity contribution in [2.75, 3.05) is 0 Å². The van der Waals surface area contributed by atoms with E-state index in [-0.39, 0.29) is 23.8 Å². The highest BCUT2D eigenvalue weighted by molar-refractivity contribution is 5.80. The molecule has 4 heteroatoms. The van der Waals surface area contributed by atoms with Gasteiger partial charge in [-0.25, -0.2) is 0 Å². The highest BCUT2D eigenvalue weighted by Crippen LogP contribution is 2.23. The van der Waals surface area contributed by atoms with Crippen LogP contribution in [0, 0.1) is 5.92 Å². The number of amides is 1. The molecule has 1 heterocycles. The molecule has 0 saturated carbocycles. The van der Waals surface area contributed by atoms with E-state index >= 15 is 0 Å². The smallest absolute Gasteiger partial charge is 0.311 e. The Bertz CT molecular complexity index is 330. The zero-order valence-corrected chi connectivity index (χ0v) is 11.5. The van der Waals surface area contributed by atoms with Gasteiger partial charge in [0.05, 0.1) is 5.92 Å². The summed E-state index contributed by atoms with van der Waals surface area (Å²) in [4.78, 5) is 23.7. The first kappa shape index (κ1) is 14.7. The Hall–Kier alpha value is -1.32. The lowest BCUT2D eigenvalue weighted by atomic mass is 9.93. The van der Waals surface area contributed by atoms with Crippen LogP contribution in [0.2, 0.25) is 0 Å². The average molecular weight is 253 g/mol. The summed E-state index contributed by atoms with van der Waals surface area (Å²) in [6.45, 7) is 9.23. The van der Waals surface area contributed by atoms with Gasteiger partial charge in [0.2, 0.25) is 5.91 Å². The van der Waals surface area contributed by atoms with Crippen LogP contribution in [0.15, 0.2) is 12.7 Å². The van der Waals surface area contributed by atoms with Crippen LogP contribution >= 0.6 is 0 Å². The molecule has 102 valence electrons. The third-order valence-corrected chi connectivity index (χ3v) is 2.88. The molecular formula is C14H23NO3. The predicted molar refractivity (Wildman–Crippen MR) is 69.9 cm³/mol. The Morgan fingerprint density at radius 2 is 2.22 bits per heavy atom. The molecule has 2 unspecified atom stereocenters. The lowest BCUT2D eigenvalue weighted by molar-refractivity contribution is -0.161. The summed E-state index contributed by atoms with van der Waals surface area (Å²) in [5.41, 5.74) is -0.494. The molecule has 1 saturated heterocycles. The number of ether oxygens (including phenoxy) is 1. The first-order valence-electron chi connectivity index (χ1n) is 6.46. The van der Waals surface area contributed by atoms with Crippen molar-refractivity contribution in [2.24, 2.45) is 5.92 Å². The van der Waals surface area contributed by atoms with Crippen LogP contribution in [0.25, 0.3) is 0 Å². The largest absolute Gasteiger partial charge is 0.460 e. The average Bonchev–Trinajstić information content (AvgIpc) is 2.38. The standard InChI is InChI=1S/C14H23NO3/c1-5-7-11-10(8-6-9-12(16)15-11)13(17)18-14(2,3)4/h5,10-11H,1,6-9H2,2-4H3,(H,15,16). The van der Waals surface area contributed by atoms with Crippen LogP contribution in [0.4, 0.5) is 0 Å². The molecule has 1 N–H and O–H groups in total. The molecular weight excluding hydrogens is 230 g/mol. The molecule has 0 aromatic heterocycles. The maximum Gasteiger partial charge on any atom is 0.311 e. The van der Waals surface area contributed by atoms with E-state index in [1.165, 1.54) is 0 Å². The molecule has 2 atom stereocenters. The number of carbonyl (C=O) groups excluding carboxylic acids is 2. The van der Waals surface area contributed by atoms with Crippen molar-refractivity contribution in [2.45, 2.75) is 58.1 Å². The molecule has 0 aromatic rings. The minimum Gasteiger partial charge on any atom is -0.460 e. The fraction of sp³-hybridized carbons (Fsp3) is 0.714. The first-order chi connectivity index (χ1) is 8.33. The predicted octanol–water partition coefficient (Wildman–Crippen LogP) is 2.19. The second kappa shape index (κ2) is 6.03. The Labute approximate surface area is 109 Å². The number of nitrogens with one attached hydrogen (secondary N) is 1. The van der Waals surface area contributed by atoms with E-state index in [2.05, 4.69) is 11.9 Å². The molecule has 1 fully saturated rings. The Morgan fingerprint density at radius 1 is 1.56 bits per heavy atom. The van der Waals surface area contributed by atoms with Crippen LogP contribution < -0.4 is 5.32 Å². The van der Waals surface area contributed by atoms with Gasteiger partial charge in [0.15, 0.2) is 0 Å². The molecule has 4 nitrogen and oxygen atoms in total. The number of hydrogen-bond acceptors (Lipinski definition) is 3. The van der Waals surface area contributed by atoms with Crippen LogP contribution in [-0.2, 0) is 14.3 Å². The minimum absolute atomic E-state index is 0.00732. The molecule has 1 aliphatic rings. The summed E-state index contributed by atoms with van der Waals surface area (Å²) in [6, 6.07) is -0.188. The second-order valence-corrected chi connectivity index (χ2v) is 5.73. The van der Waals surface area contributed by atoms with Gasteiger partial charge in [0.25, 0.3) is 0 Å². The van der Waals surface area contributed by atoms with E-state index < -0.39 is 5.60 Å². The molecule has 0 radical (unpaired) electrons. The second-order valence-electron chi connectivity index (χ2n) is 5.73. The van der Waals surface area contributed by atoms with Gasteiger partial charge >= 0.3 is 5.97 Å². The van der Waals surface area contributed by atoms with Gasteiger partial charge in [0.1, 0.15) is 5.60 Å². The lowest BCUT2D eigenvalue weighted by Crippen LogP contribution is -2.43. The van der Waals surface area contributed by atoms with E-state index in [1.54, 1.807) is 6.08 Å². The third kappa shape index (κ3) is 4.51. The van der Waals surface area contributed by atoms with E-state index in [9.17, 15) is 9.59 Å². The van der Waals surface area contributed by atoms with Crippen molar-refractivity contribution >= 4 is 11.9 Å². The van der Waals surface area contributed by atoms with Gasteiger partial charge in [-0.2, -0.15) is 0 Å². The van der Waals surface area contributed by atoms with Crippen LogP contribution in [0.3, 0.4) is 0 Å². The number of rotatable bonds is 3.